The van der Waals surface area contributed by atoms with E-state index in [-0.39, 0.29) is 10.8 Å². The van der Waals surface area contributed by atoms with Gasteiger partial charge in [-0.1, -0.05) is 6.07 Å². The van der Waals surface area contributed by atoms with Crippen molar-refractivity contribution in [3.63, 3.8) is 0 Å². The zero-order chi connectivity index (χ0) is 21.1. The zero-order valence-electron chi connectivity index (χ0n) is 17.4. The number of hydrogen-bond donors (Lipinski definition) is 1. The highest BCUT2D eigenvalue weighted by Gasteiger charge is 2.29. The van der Waals surface area contributed by atoms with Gasteiger partial charge in [-0.3, -0.25) is 9.69 Å². The van der Waals surface area contributed by atoms with Gasteiger partial charge in [0.15, 0.2) is 0 Å². The summed E-state index contributed by atoms with van der Waals surface area (Å²) in [5.74, 6) is 0.253. The number of nitrogens with zero attached hydrogens (tertiary/aromatic N) is 3. The first-order valence-electron chi connectivity index (χ1n) is 10.6. The van der Waals surface area contributed by atoms with Crippen LogP contribution in [0.4, 0.5) is 0 Å². The van der Waals surface area contributed by atoms with E-state index in [1.165, 1.54) is 15.2 Å². The van der Waals surface area contributed by atoms with Crippen LogP contribution in [0.2, 0.25) is 0 Å². The van der Waals surface area contributed by atoms with Crippen LogP contribution in [0.5, 0.6) is 0 Å². The van der Waals surface area contributed by atoms with Crippen LogP contribution >= 0.6 is 11.3 Å². The van der Waals surface area contributed by atoms with E-state index in [9.17, 15) is 13.2 Å². The van der Waals surface area contributed by atoms with Crippen LogP contribution in [0.15, 0.2) is 34.7 Å². The number of piperidine rings is 1. The highest BCUT2D eigenvalue weighted by Crippen LogP contribution is 2.23. The number of nitrogens with one attached hydrogen (secondary N) is 1. The molecule has 0 aromatic carbocycles. The van der Waals surface area contributed by atoms with Crippen molar-refractivity contribution in [3.8, 4) is 0 Å². The Labute approximate surface area is 182 Å². The first kappa shape index (κ1) is 21.5. The summed E-state index contributed by atoms with van der Waals surface area (Å²) in [5.41, 5.74) is 0.392. The Morgan fingerprint density at radius 2 is 1.93 bits per heavy atom. The van der Waals surface area contributed by atoms with E-state index in [0.29, 0.717) is 31.2 Å². The van der Waals surface area contributed by atoms with Gasteiger partial charge in [-0.25, -0.2) is 8.42 Å². The van der Waals surface area contributed by atoms with Crippen molar-refractivity contribution in [2.24, 2.45) is 13.0 Å². The largest absolute Gasteiger partial charge is 0.350 e. The Kier molecular flexibility index (Phi) is 6.62. The summed E-state index contributed by atoms with van der Waals surface area (Å²) in [4.78, 5) is 16.8. The molecule has 0 saturated carbocycles. The molecule has 1 N–H and O–H groups in total. The van der Waals surface area contributed by atoms with Crippen molar-refractivity contribution in [3.05, 3.63) is 40.3 Å². The standard InChI is InChI=1S/C21H30N4O3S2/c1-23-16-19(30(27,28)25-8-2-3-9-25)13-20(23)21(26)22-14-17-6-10-24(11-7-17)15-18-5-4-12-29-18/h4-5,12-13,16-17H,2-3,6-11,14-15H2,1H3,(H,22,26). The molecule has 1 amide bonds. The molecular formula is C21H30N4O3S2. The van der Waals surface area contributed by atoms with Crippen LogP contribution < -0.4 is 5.32 Å². The van der Waals surface area contributed by atoms with Gasteiger partial charge in [-0.05, 0) is 62.2 Å². The third-order valence-corrected chi connectivity index (χ3v) is 8.86. The molecule has 0 aliphatic carbocycles. The van der Waals surface area contributed by atoms with E-state index in [1.54, 1.807) is 29.1 Å². The van der Waals surface area contributed by atoms with E-state index in [1.807, 2.05) is 0 Å². The van der Waals surface area contributed by atoms with Crippen LogP contribution in [0.25, 0.3) is 0 Å². The van der Waals surface area contributed by atoms with Crippen LogP contribution in [0.1, 0.15) is 41.0 Å². The lowest BCUT2D eigenvalue weighted by Crippen LogP contribution is -2.38. The molecule has 30 heavy (non-hydrogen) atoms. The molecule has 2 saturated heterocycles. The topological polar surface area (TPSA) is 74.6 Å². The molecule has 164 valence electrons. The van der Waals surface area contributed by atoms with Crippen molar-refractivity contribution in [2.45, 2.75) is 37.1 Å². The highest BCUT2D eigenvalue weighted by molar-refractivity contribution is 7.89. The maximum Gasteiger partial charge on any atom is 0.267 e. The van der Waals surface area contributed by atoms with E-state index < -0.39 is 10.0 Å². The quantitative estimate of drug-likeness (QED) is 0.703. The van der Waals surface area contributed by atoms with Gasteiger partial charge in [-0.2, -0.15) is 4.31 Å². The lowest BCUT2D eigenvalue weighted by atomic mass is 9.96. The Balaban J connectivity index is 1.29. The fraction of sp³-hybridized carbons (Fsp3) is 0.571. The van der Waals surface area contributed by atoms with Gasteiger partial charge in [0.1, 0.15) is 10.6 Å². The molecule has 9 heteroatoms. The molecule has 2 aliphatic rings. The van der Waals surface area contributed by atoms with Gasteiger partial charge < -0.3 is 9.88 Å². The number of rotatable bonds is 7. The second-order valence-corrected chi connectivity index (χ2v) is 11.3. The van der Waals surface area contributed by atoms with E-state index in [4.69, 9.17) is 0 Å². The van der Waals surface area contributed by atoms with Crippen LogP contribution in [-0.2, 0) is 23.6 Å². The lowest BCUT2D eigenvalue weighted by Gasteiger charge is -2.31. The molecule has 2 aliphatic heterocycles. The molecule has 2 fully saturated rings. The average Bonchev–Trinajstić information content (AvgIpc) is 3.49. The van der Waals surface area contributed by atoms with Crippen molar-refractivity contribution < 1.29 is 13.2 Å². The highest BCUT2D eigenvalue weighted by atomic mass is 32.2. The Morgan fingerprint density at radius 3 is 2.60 bits per heavy atom. The summed E-state index contributed by atoms with van der Waals surface area (Å²) < 4.78 is 28.6. The molecule has 4 rings (SSSR count). The van der Waals surface area contributed by atoms with E-state index >= 15 is 0 Å². The van der Waals surface area contributed by atoms with Gasteiger partial charge >= 0.3 is 0 Å². The lowest BCUT2D eigenvalue weighted by molar-refractivity contribution is 0.0927. The fourth-order valence-corrected chi connectivity index (χ4v) is 6.61. The minimum absolute atomic E-state index is 0.207. The monoisotopic (exact) mass is 450 g/mol. The summed E-state index contributed by atoms with van der Waals surface area (Å²) in [6, 6.07) is 5.77. The molecule has 2 aromatic heterocycles. The van der Waals surface area contributed by atoms with Crippen molar-refractivity contribution in [2.75, 3.05) is 32.7 Å². The molecule has 4 heterocycles. The molecule has 7 nitrogen and oxygen atoms in total. The van der Waals surface area contributed by atoms with Crippen LogP contribution in [0, 0.1) is 5.92 Å². The minimum atomic E-state index is -3.51. The third-order valence-electron chi connectivity index (χ3n) is 6.13. The number of amides is 1. The number of carbonyl (C=O) groups excluding carboxylic acids is 1. The average molecular weight is 451 g/mol. The summed E-state index contributed by atoms with van der Waals surface area (Å²) in [7, 11) is -1.79. The maximum atomic E-state index is 12.7. The number of aromatic nitrogens is 1. The molecule has 0 spiro atoms. The van der Waals surface area contributed by atoms with Gasteiger partial charge in [0.05, 0.1) is 0 Å². The predicted molar refractivity (Wildman–Crippen MR) is 118 cm³/mol. The molecule has 2 aromatic rings. The smallest absolute Gasteiger partial charge is 0.267 e. The number of carbonyl (C=O) groups is 1. The number of likely N-dealkylation sites (tertiary alicyclic amines) is 1. The number of aryl methyl sites for hydroxylation is 1. The molecule has 0 unspecified atom stereocenters. The normalized spacial score (nSPS) is 19.4. The summed E-state index contributed by atoms with van der Waals surface area (Å²) >= 11 is 1.80. The maximum absolute atomic E-state index is 12.7. The first-order valence-corrected chi connectivity index (χ1v) is 12.9. The Bertz CT molecular complexity index is 955. The van der Waals surface area contributed by atoms with Crippen LogP contribution in [-0.4, -0.2) is 60.8 Å². The number of thiophene rings is 1. The third kappa shape index (κ3) is 4.80. The number of hydrogen-bond acceptors (Lipinski definition) is 5. The fourth-order valence-electron chi connectivity index (χ4n) is 4.28. The summed E-state index contributed by atoms with van der Waals surface area (Å²) in [5, 5.41) is 5.13. The SMILES string of the molecule is Cn1cc(S(=O)(=O)N2CCCC2)cc1C(=O)NCC1CCN(Cc2cccs2)CC1. The Hall–Kier alpha value is -1.68. The molecule has 0 atom stereocenters. The molecule has 0 bridgehead atoms. The second kappa shape index (κ2) is 9.21. The van der Waals surface area contributed by atoms with Gasteiger partial charge in [0.2, 0.25) is 10.0 Å². The number of sulfonamides is 1. The Morgan fingerprint density at radius 1 is 1.20 bits per heavy atom. The summed E-state index contributed by atoms with van der Waals surface area (Å²) in [6.07, 6.45) is 5.46. The molecule has 0 radical (unpaired) electrons. The predicted octanol–water partition coefficient (Wildman–Crippen LogP) is 2.51. The minimum Gasteiger partial charge on any atom is -0.350 e. The van der Waals surface area contributed by atoms with Gasteiger partial charge in [0, 0.05) is 44.3 Å². The van der Waals surface area contributed by atoms with Gasteiger partial charge in [-0.15, -0.1) is 11.3 Å². The zero-order valence-corrected chi connectivity index (χ0v) is 19.1. The van der Waals surface area contributed by atoms with Crippen LogP contribution in [0.3, 0.4) is 0 Å². The van der Waals surface area contributed by atoms with Crippen molar-refractivity contribution in [1.29, 1.82) is 0 Å². The van der Waals surface area contributed by atoms with Crippen molar-refractivity contribution >= 4 is 27.3 Å². The van der Waals surface area contributed by atoms with E-state index in [0.717, 1.165) is 45.3 Å². The first-order chi connectivity index (χ1) is 14.4. The van der Waals surface area contributed by atoms with E-state index in [2.05, 4.69) is 27.7 Å². The molecular weight excluding hydrogens is 420 g/mol. The van der Waals surface area contributed by atoms with Gasteiger partial charge in [0.25, 0.3) is 5.91 Å². The second-order valence-electron chi connectivity index (χ2n) is 8.29. The van der Waals surface area contributed by atoms with Crippen molar-refractivity contribution in [1.82, 2.24) is 19.1 Å². The summed E-state index contributed by atoms with van der Waals surface area (Å²) in [6.45, 7) is 4.84.